The zero-order valence-corrected chi connectivity index (χ0v) is 9.60. The van der Waals surface area contributed by atoms with Crippen molar-refractivity contribution in [3.05, 3.63) is 33.8 Å². The first-order valence-electron chi connectivity index (χ1n) is 4.37. The van der Waals surface area contributed by atoms with Gasteiger partial charge in [0, 0.05) is 10.9 Å². The van der Waals surface area contributed by atoms with Gasteiger partial charge in [-0.2, -0.15) is 13.2 Å². The Kier molecular flexibility index (Phi) is 3.96. The molecule has 0 amide bonds. The molecule has 0 fully saturated rings. The molecule has 6 heteroatoms. The van der Waals surface area contributed by atoms with Crippen LogP contribution in [-0.4, -0.2) is 11.1 Å². The lowest BCUT2D eigenvalue weighted by molar-refractivity contribution is -0.137. The van der Waals surface area contributed by atoms with E-state index in [0.29, 0.717) is 10.0 Å². The summed E-state index contributed by atoms with van der Waals surface area (Å²) >= 11 is 2.97. The number of aryl methyl sites for hydroxylation is 1. The van der Waals surface area contributed by atoms with E-state index < -0.39 is 17.7 Å². The SMILES string of the molecule is O=C(O)CCc1cc(Br)cc(C(F)(F)F)c1. The average molecular weight is 297 g/mol. The Labute approximate surface area is 98.2 Å². The molecule has 0 unspecified atom stereocenters. The van der Waals surface area contributed by atoms with Gasteiger partial charge >= 0.3 is 12.1 Å². The molecule has 0 radical (unpaired) electrons. The summed E-state index contributed by atoms with van der Waals surface area (Å²) in [5, 5.41) is 8.44. The van der Waals surface area contributed by atoms with Crippen LogP contribution in [0.15, 0.2) is 22.7 Å². The third-order valence-electron chi connectivity index (χ3n) is 1.91. The minimum absolute atomic E-state index is 0.0812. The predicted octanol–water partition coefficient (Wildman–Crippen LogP) is 3.49. The summed E-state index contributed by atoms with van der Waals surface area (Å²) in [6, 6.07) is 3.41. The number of carboxylic acid groups (broad SMARTS) is 1. The molecular weight excluding hydrogens is 289 g/mol. The Morgan fingerprint density at radius 2 is 1.94 bits per heavy atom. The van der Waals surface area contributed by atoms with E-state index in [1.165, 1.54) is 6.07 Å². The monoisotopic (exact) mass is 296 g/mol. The minimum Gasteiger partial charge on any atom is -0.481 e. The molecule has 1 rings (SSSR count). The zero-order valence-electron chi connectivity index (χ0n) is 8.01. The quantitative estimate of drug-likeness (QED) is 0.927. The van der Waals surface area contributed by atoms with Crippen LogP contribution < -0.4 is 0 Å². The summed E-state index contributed by atoms with van der Waals surface area (Å²) in [5.41, 5.74) is -0.425. The van der Waals surface area contributed by atoms with Gasteiger partial charge in [0.2, 0.25) is 0 Å². The van der Waals surface area contributed by atoms with Crippen molar-refractivity contribution >= 4 is 21.9 Å². The largest absolute Gasteiger partial charge is 0.481 e. The fourth-order valence-corrected chi connectivity index (χ4v) is 1.75. The highest BCUT2D eigenvalue weighted by Gasteiger charge is 2.30. The second-order valence-electron chi connectivity index (χ2n) is 3.24. The van der Waals surface area contributed by atoms with Crippen molar-refractivity contribution in [2.45, 2.75) is 19.0 Å². The van der Waals surface area contributed by atoms with Crippen LogP contribution in [0.2, 0.25) is 0 Å². The number of benzene rings is 1. The molecule has 0 saturated heterocycles. The number of hydrogen-bond acceptors (Lipinski definition) is 1. The lowest BCUT2D eigenvalue weighted by Crippen LogP contribution is -2.06. The van der Waals surface area contributed by atoms with Gasteiger partial charge in [-0.25, -0.2) is 0 Å². The van der Waals surface area contributed by atoms with Crippen LogP contribution >= 0.6 is 15.9 Å². The highest BCUT2D eigenvalue weighted by molar-refractivity contribution is 9.10. The number of halogens is 4. The van der Waals surface area contributed by atoms with Crippen LogP contribution in [0.3, 0.4) is 0 Å². The lowest BCUT2D eigenvalue weighted by Gasteiger charge is -2.09. The number of alkyl halides is 3. The summed E-state index contributed by atoms with van der Waals surface area (Å²) in [4.78, 5) is 10.3. The van der Waals surface area contributed by atoms with Crippen molar-refractivity contribution in [2.75, 3.05) is 0 Å². The zero-order chi connectivity index (χ0) is 12.3. The smallest absolute Gasteiger partial charge is 0.416 e. The Bertz CT molecular complexity index is 402. The van der Waals surface area contributed by atoms with E-state index in [2.05, 4.69) is 15.9 Å². The number of carboxylic acids is 1. The van der Waals surface area contributed by atoms with Crippen LogP contribution in [0.5, 0.6) is 0 Å². The molecule has 0 aliphatic rings. The second-order valence-corrected chi connectivity index (χ2v) is 4.16. The molecule has 0 heterocycles. The van der Waals surface area contributed by atoms with Crippen LogP contribution in [0.1, 0.15) is 17.5 Å². The highest BCUT2D eigenvalue weighted by Crippen LogP contribution is 2.32. The van der Waals surface area contributed by atoms with E-state index in [1.807, 2.05) is 0 Å². The van der Waals surface area contributed by atoms with E-state index in [-0.39, 0.29) is 12.8 Å². The van der Waals surface area contributed by atoms with Crippen molar-refractivity contribution in [1.29, 1.82) is 0 Å². The molecule has 0 aliphatic heterocycles. The maximum atomic E-state index is 12.4. The molecule has 2 nitrogen and oxygen atoms in total. The molecule has 0 aliphatic carbocycles. The number of hydrogen-bond donors (Lipinski definition) is 1. The highest BCUT2D eigenvalue weighted by atomic mass is 79.9. The first-order valence-corrected chi connectivity index (χ1v) is 5.17. The number of rotatable bonds is 3. The molecule has 88 valence electrons. The van der Waals surface area contributed by atoms with E-state index in [9.17, 15) is 18.0 Å². The lowest BCUT2D eigenvalue weighted by atomic mass is 10.1. The van der Waals surface area contributed by atoms with Crippen molar-refractivity contribution < 1.29 is 23.1 Å². The van der Waals surface area contributed by atoms with E-state index in [4.69, 9.17) is 5.11 Å². The van der Waals surface area contributed by atoms with Gasteiger partial charge in [0.05, 0.1) is 5.56 Å². The van der Waals surface area contributed by atoms with Crippen molar-refractivity contribution in [3.63, 3.8) is 0 Å². The van der Waals surface area contributed by atoms with Gasteiger partial charge in [-0.3, -0.25) is 4.79 Å². The molecule has 0 spiro atoms. The van der Waals surface area contributed by atoms with Gasteiger partial charge in [-0.1, -0.05) is 15.9 Å². The van der Waals surface area contributed by atoms with Gasteiger partial charge in [0.15, 0.2) is 0 Å². The van der Waals surface area contributed by atoms with Crippen LogP contribution in [0, 0.1) is 0 Å². The Morgan fingerprint density at radius 1 is 1.31 bits per heavy atom. The average Bonchev–Trinajstić information content (AvgIpc) is 2.12. The Hall–Kier alpha value is -1.04. The fraction of sp³-hybridized carbons (Fsp3) is 0.300. The van der Waals surface area contributed by atoms with E-state index in [0.717, 1.165) is 12.1 Å². The first-order chi connectivity index (χ1) is 7.29. The minimum atomic E-state index is -4.41. The molecule has 1 N–H and O–H groups in total. The Balaban J connectivity index is 2.94. The van der Waals surface area contributed by atoms with Gasteiger partial charge in [-0.05, 0) is 30.2 Å². The summed E-state index contributed by atoms with van der Waals surface area (Å²) < 4.78 is 37.5. The van der Waals surface area contributed by atoms with Crippen LogP contribution in [-0.2, 0) is 17.4 Å². The third-order valence-corrected chi connectivity index (χ3v) is 2.37. The van der Waals surface area contributed by atoms with Crippen LogP contribution in [0.25, 0.3) is 0 Å². The Morgan fingerprint density at radius 3 is 2.44 bits per heavy atom. The van der Waals surface area contributed by atoms with E-state index in [1.54, 1.807) is 0 Å². The molecule has 1 aromatic rings. The third kappa shape index (κ3) is 3.84. The van der Waals surface area contributed by atoms with Crippen molar-refractivity contribution in [2.24, 2.45) is 0 Å². The molecule has 0 bridgehead atoms. The van der Waals surface area contributed by atoms with Crippen LogP contribution in [0.4, 0.5) is 13.2 Å². The molecule has 0 aromatic heterocycles. The van der Waals surface area contributed by atoms with Crippen molar-refractivity contribution in [3.8, 4) is 0 Å². The molecule has 0 saturated carbocycles. The number of carbonyl (C=O) groups is 1. The van der Waals surface area contributed by atoms with E-state index >= 15 is 0 Å². The predicted molar refractivity (Wildman–Crippen MR) is 55.1 cm³/mol. The standard InChI is InChI=1S/C10H8BrF3O2/c11-8-4-6(1-2-9(15)16)3-7(5-8)10(12,13)14/h3-5H,1-2H2,(H,15,16). The van der Waals surface area contributed by atoms with Gasteiger partial charge < -0.3 is 5.11 Å². The van der Waals surface area contributed by atoms with Gasteiger partial charge in [-0.15, -0.1) is 0 Å². The first kappa shape index (κ1) is 13.0. The summed E-state index contributed by atoms with van der Waals surface area (Å²) in [7, 11) is 0. The number of aliphatic carboxylic acids is 1. The summed E-state index contributed by atoms with van der Waals surface area (Å²) in [6.07, 6.45) is -4.52. The maximum absolute atomic E-state index is 12.4. The topological polar surface area (TPSA) is 37.3 Å². The summed E-state index contributed by atoms with van der Waals surface area (Å²) in [6.45, 7) is 0. The molecule has 16 heavy (non-hydrogen) atoms. The molecule has 1 aromatic carbocycles. The molecular formula is C10H8BrF3O2. The fourth-order valence-electron chi connectivity index (χ4n) is 1.21. The van der Waals surface area contributed by atoms with Gasteiger partial charge in [0.1, 0.15) is 0 Å². The van der Waals surface area contributed by atoms with Gasteiger partial charge in [0.25, 0.3) is 0 Å². The molecule has 0 atom stereocenters. The van der Waals surface area contributed by atoms with Crippen molar-refractivity contribution in [1.82, 2.24) is 0 Å². The maximum Gasteiger partial charge on any atom is 0.416 e. The second kappa shape index (κ2) is 4.86. The normalized spacial score (nSPS) is 11.5. The summed E-state index contributed by atoms with van der Waals surface area (Å²) in [5.74, 6) is -1.03.